The molecule has 1 aliphatic heterocycles. The van der Waals surface area contributed by atoms with Gasteiger partial charge in [-0.05, 0) is 17.9 Å². The molecule has 0 saturated heterocycles. The lowest BCUT2D eigenvalue weighted by Crippen LogP contribution is -2.26. The van der Waals surface area contributed by atoms with Crippen molar-refractivity contribution >= 4 is 18.0 Å². The molecule has 0 spiro atoms. The quantitative estimate of drug-likeness (QED) is 0.641. The number of hydrogen-bond acceptors (Lipinski definition) is 4. The molecule has 6 heteroatoms. The first-order valence-electron chi connectivity index (χ1n) is 6.21. The molecule has 0 N–H and O–H groups in total. The van der Waals surface area contributed by atoms with E-state index in [1.165, 1.54) is 18.1 Å². The number of rotatable bonds is 3. The van der Waals surface area contributed by atoms with Crippen LogP contribution in [0.4, 0.5) is 8.78 Å². The van der Waals surface area contributed by atoms with Crippen LogP contribution in [0.15, 0.2) is 64.4 Å². The van der Waals surface area contributed by atoms with Crippen molar-refractivity contribution in [2.75, 3.05) is 6.26 Å². The zero-order valence-electron chi connectivity index (χ0n) is 11.1. The number of aromatic nitrogens is 2. The third-order valence-corrected chi connectivity index (χ3v) is 3.95. The number of benzene rings is 1. The number of thioether (sulfide) groups is 1. The summed E-state index contributed by atoms with van der Waals surface area (Å²) in [5.74, 6) is -1.91. The van der Waals surface area contributed by atoms with Gasteiger partial charge in [-0.25, -0.2) is 18.7 Å². The monoisotopic (exact) mass is 303 g/mol. The summed E-state index contributed by atoms with van der Waals surface area (Å²) in [6.45, 7) is 0. The SMILES string of the molecule is CSc1cc(C2(c3ccccc3)N=CC(F)=C2F)ncn1. The fourth-order valence-electron chi connectivity index (χ4n) is 2.30. The summed E-state index contributed by atoms with van der Waals surface area (Å²) in [6, 6.07) is 10.4. The van der Waals surface area contributed by atoms with Gasteiger partial charge in [0.15, 0.2) is 17.2 Å². The van der Waals surface area contributed by atoms with Gasteiger partial charge < -0.3 is 0 Å². The summed E-state index contributed by atoms with van der Waals surface area (Å²) in [6.07, 6.45) is 4.10. The van der Waals surface area contributed by atoms with E-state index in [1.54, 1.807) is 36.4 Å². The van der Waals surface area contributed by atoms with Crippen LogP contribution < -0.4 is 0 Å². The lowest BCUT2D eigenvalue weighted by molar-refractivity contribution is 0.446. The normalized spacial score (nSPS) is 21.1. The summed E-state index contributed by atoms with van der Waals surface area (Å²) >= 11 is 1.40. The molecular formula is C15H11F2N3S. The van der Waals surface area contributed by atoms with E-state index in [-0.39, 0.29) is 0 Å². The van der Waals surface area contributed by atoms with Gasteiger partial charge in [-0.1, -0.05) is 30.3 Å². The fraction of sp³-hybridized carbons (Fsp3) is 0.133. The van der Waals surface area contributed by atoms with E-state index in [0.717, 1.165) is 6.21 Å². The molecule has 0 aliphatic carbocycles. The van der Waals surface area contributed by atoms with E-state index >= 15 is 0 Å². The fourth-order valence-corrected chi connectivity index (χ4v) is 2.68. The van der Waals surface area contributed by atoms with Crippen molar-refractivity contribution in [2.24, 2.45) is 4.99 Å². The highest BCUT2D eigenvalue weighted by Crippen LogP contribution is 2.45. The Morgan fingerprint density at radius 2 is 1.86 bits per heavy atom. The number of allylic oxidation sites excluding steroid dienone is 1. The van der Waals surface area contributed by atoms with Gasteiger partial charge in [-0.15, -0.1) is 11.8 Å². The molecular weight excluding hydrogens is 292 g/mol. The molecule has 2 heterocycles. The molecule has 1 aromatic carbocycles. The van der Waals surface area contributed by atoms with Crippen molar-refractivity contribution in [3.05, 3.63) is 65.6 Å². The van der Waals surface area contributed by atoms with E-state index < -0.39 is 17.2 Å². The molecule has 0 amide bonds. The Morgan fingerprint density at radius 3 is 2.48 bits per heavy atom. The van der Waals surface area contributed by atoms with Crippen LogP contribution in [0.3, 0.4) is 0 Å². The highest BCUT2D eigenvalue weighted by Gasteiger charge is 2.45. The summed E-state index contributed by atoms with van der Waals surface area (Å²) in [5.41, 5.74) is -0.717. The lowest BCUT2D eigenvalue weighted by atomic mass is 9.86. The van der Waals surface area contributed by atoms with E-state index in [2.05, 4.69) is 15.0 Å². The predicted molar refractivity (Wildman–Crippen MR) is 78.8 cm³/mol. The Kier molecular flexibility index (Phi) is 3.55. The van der Waals surface area contributed by atoms with E-state index in [9.17, 15) is 8.78 Å². The van der Waals surface area contributed by atoms with Crippen LogP contribution in [0, 0.1) is 0 Å². The average Bonchev–Trinajstić information content (AvgIpc) is 2.85. The largest absolute Gasteiger partial charge is 0.265 e. The maximum atomic E-state index is 14.6. The Bertz CT molecular complexity index is 731. The minimum Gasteiger partial charge on any atom is -0.265 e. The Labute approximate surface area is 124 Å². The number of halogens is 2. The molecule has 0 saturated carbocycles. The number of nitrogens with zero attached hydrogens (tertiary/aromatic N) is 3. The minimum atomic E-state index is -1.56. The van der Waals surface area contributed by atoms with Crippen LogP contribution in [0.25, 0.3) is 0 Å². The lowest BCUT2D eigenvalue weighted by Gasteiger charge is -2.25. The van der Waals surface area contributed by atoms with E-state index in [0.29, 0.717) is 16.3 Å². The number of aliphatic imine (C=N–C) groups is 1. The first kappa shape index (κ1) is 13.9. The Hall–Kier alpha value is -2.08. The van der Waals surface area contributed by atoms with Gasteiger partial charge in [0.25, 0.3) is 0 Å². The van der Waals surface area contributed by atoms with Gasteiger partial charge in [0.05, 0.1) is 16.9 Å². The molecule has 106 valence electrons. The molecule has 3 nitrogen and oxygen atoms in total. The summed E-state index contributed by atoms with van der Waals surface area (Å²) < 4.78 is 28.2. The predicted octanol–water partition coefficient (Wildman–Crippen LogP) is 3.68. The molecule has 1 aliphatic rings. The maximum absolute atomic E-state index is 14.6. The van der Waals surface area contributed by atoms with Gasteiger partial charge in [0.1, 0.15) is 6.33 Å². The third-order valence-electron chi connectivity index (χ3n) is 3.31. The second kappa shape index (κ2) is 5.37. The van der Waals surface area contributed by atoms with E-state index in [4.69, 9.17) is 0 Å². The van der Waals surface area contributed by atoms with Crippen molar-refractivity contribution in [3.63, 3.8) is 0 Å². The summed E-state index contributed by atoms with van der Waals surface area (Å²) in [5, 5.41) is 0.672. The highest BCUT2D eigenvalue weighted by molar-refractivity contribution is 7.98. The van der Waals surface area contributed by atoms with Gasteiger partial charge in [-0.2, -0.15) is 0 Å². The topological polar surface area (TPSA) is 38.1 Å². The second-order valence-electron chi connectivity index (χ2n) is 4.44. The Morgan fingerprint density at radius 1 is 1.10 bits per heavy atom. The van der Waals surface area contributed by atoms with Gasteiger partial charge in [0, 0.05) is 0 Å². The molecule has 1 unspecified atom stereocenters. The van der Waals surface area contributed by atoms with Crippen LogP contribution in [0.1, 0.15) is 11.3 Å². The van der Waals surface area contributed by atoms with Crippen LogP contribution in [-0.2, 0) is 5.54 Å². The standard InChI is InChI=1S/C15H11F2N3S/c1-21-13-7-12(18-9-19-13)15(10-5-3-2-4-6-10)14(17)11(16)8-20-15/h2-9H,1H3. The van der Waals surface area contributed by atoms with Crippen molar-refractivity contribution in [2.45, 2.75) is 10.6 Å². The maximum Gasteiger partial charge on any atom is 0.182 e. The third kappa shape index (κ3) is 2.15. The molecule has 0 bridgehead atoms. The van der Waals surface area contributed by atoms with E-state index in [1.807, 2.05) is 6.26 Å². The highest BCUT2D eigenvalue weighted by atomic mass is 32.2. The van der Waals surface area contributed by atoms with Crippen molar-refractivity contribution < 1.29 is 8.78 Å². The smallest absolute Gasteiger partial charge is 0.182 e. The van der Waals surface area contributed by atoms with Crippen molar-refractivity contribution in [3.8, 4) is 0 Å². The van der Waals surface area contributed by atoms with Crippen molar-refractivity contribution in [1.82, 2.24) is 9.97 Å². The van der Waals surface area contributed by atoms with Crippen LogP contribution in [0.5, 0.6) is 0 Å². The van der Waals surface area contributed by atoms with Crippen LogP contribution in [-0.4, -0.2) is 22.4 Å². The first-order chi connectivity index (χ1) is 10.2. The summed E-state index contributed by atoms with van der Waals surface area (Å²) in [7, 11) is 0. The summed E-state index contributed by atoms with van der Waals surface area (Å²) in [4.78, 5) is 12.3. The molecule has 3 rings (SSSR count). The molecule has 21 heavy (non-hydrogen) atoms. The van der Waals surface area contributed by atoms with Gasteiger partial charge in [-0.3, -0.25) is 4.99 Å². The van der Waals surface area contributed by atoms with Gasteiger partial charge in [0.2, 0.25) is 0 Å². The molecule has 2 aromatic rings. The second-order valence-corrected chi connectivity index (χ2v) is 5.27. The van der Waals surface area contributed by atoms with Crippen LogP contribution >= 0.6 is 11.8 Å². The first-order valence-corrected chi connectivity index (χ1v) is 7.44. The Balaban J connectivity index is 2.26. The molecule has 0 radical (unpaired) electrons. The number of hydrogen-bond donors (Lipinski definition) is 0. The molecule has 0 fully saturated rings. The zero-order valence-corrected chi connectivity index (χ0v) is 11.9. The zero-order chi connectivity index (χ0) is 14.9. The molecule has 1 aromatic heterocycles. The average molecular weight is 303 g/mol. The van der Waals surface area contributed by atoms with Crippen LogP contribution in [0.2, 0.25) is 0 Å². The van der Waals surface area contributed by atoms with Gasteiger partial charge >= 0.3 is 0 Å². The van der Waals surface area contributed by atoms with Crippen molar-refractivity contribution in [1.29, 1.82) is 0 Å². The minimum absolute atomic E-state index is 0.314. The molecule has 1 atom stereocenters.